The van der Waals surface area contributed by atoms with Gasteiger partial charge in [0.1, 0.15) is 5.03 Å². The lowest BCUT2D eigenvalue weighted by atomic mass is 9.86. The zero-order valence-corrected chi connectivity index (χ0v) is 23.3. The van der Waals surface area contributed by atoms with Gasteiger partial charge in [0.2, 0.25) is 11.9 Å². The van der Waals surface area contributed by atoms with E-state index in [1.807, 2.05) is 30.0 Å². The number of amides is 2. The second-order valence-corrected chi connectivity index (χ2v) is 12.0. The first-order valence-corrected chi connectivity index (χ1v) is 14.1. The average Bonchev–Trinajstić information content (AvgIpc) is 3.64. The van der Waals surface area contributed by atoms with Crippen molar-refractivity contribution in [2.75, 3.05) is 43.3 Å². The summed E-state index contributed by atoms with van der Waals surface area (Å²) in [6, 6.07) is 11.5. The molecule has 3 aromatic rings. The number of para-hydroxylation sites is 1. The van der Waals surface area contributed by atoms with Gasteiger partial charge in [0.05, 0.1) is 33.7 Å². The molecule has 3 heterocycles. The smallest absolute Gasteiger partial charge is 0.263 e. The Kier molecular flexibility index (Phi) is 6.50. The Labute approximate surface area is 235 Å². The molecule has 2 aromatic carbocycles. The third-order valence-electron chi connectivity index (χ3n) is 7.21. The molecule has 38 heavy (non-hydrogen) atoms. The van der Waals surface area contributed by atoms with Crippen LogP contribution in [0.5, 0.6) is 0 Å². The van der Waals surface area contributed by atoms with Gasteiger partial charge in [-0.2, -0.15) is 0 Å². The average molecular weight is 570 g/mol. The lowest BCUT2D eigenvalue weighted by Crippen LogP contribution is -2.45. The van der Waals surface area contributed by atoms with Crippen LogP contribution in [0.25, 0.3) is 0 Å². The number of benzene rings is 2. The Morgan fingerprint density at radius 1 is 1.18 bits per heavy atom. The highest BCUT2D eigenvalue weighted by atomic mass is 35.5. The van der Waals surface area contributed by atoms with E-state index in [0.29, 0.717) is 51.2 Å². The molecule has 1 fully saturated rings. The quantitative estimate of drug-likeness (QED) is 0.425. The summed E-state index contributed by atoms with van der Waals surface area (Å²) in [6.45, 7) is 1.78. The van der Waals surface area contributed by atoms with Crippen molar-refractivity contribution in [2.45, 2.75) is 29.8 Å². The summed E-state index contributed by atoms with van der Waals surface area (Å²) in [5.41, 5.74) is 4.31. The van der Waals surface area contributed by atoms with Gasteiger partial charge >= 0.3 is 0 Å². The lowest BCUT2D eigenvalue weighted by Gasteiger charge is -2.36. The fourth-order valence-corrected chi connectivity index (χ4v) is 6.76. The van der Waals surface area contributed by atoms with Crippen LogP contribution < -0.4 is 10.2 Å². The van der Waals surface area contributed by atoms with Crippen molar-refractivity contribution in [1.82, 2.24) is 19.8 Å². The van der Waals surface area contributed by atoms with Crippen LogP contribution >= 0.6 is 35.0 Å². The Hall–Kier alpha value is -2.85. The summed E-state index contributed by atoms with van der Waals surface area (Å²) in [6.07, 6.45) is 3.75. The molecule has 196 valence electrons. The van der Waals surface area contributed by atoms with Gasteiger partial charge in [0.15, 0.2) is 0 Å². The molecule has 1 N–H and O–H groups in total. The highest BCUT2D eigenvalue weighted by Gasteiger charge is 2.49. The van der Waals surface area contributed by atoms with E-state index < -0.39 is 0 Å². The van der Waals surface area contributed by atoms with E-state index in [1.165, 1.54) is 23.5 Å². The van der Waals surface area contributed by atoms with Crippen molar-refractivity contribution in [1.29, 1.82) is 0 Å². The normalized spacial score (nSPS) is 17.4. The molecule has 8 nitrogen and oxygen atoms in total. The van der Waals surface area contributed by atoms with Gasteiger partial charge in [-0.25, -0.2) is 9.97 Å². The molecule has 0 bridgehead atoms. The standard InChI is InChI=1S/C27H26Cl2N6O2S/c1-33(2)13-22(36)34-12-16-10-17(6-7-19(16)27(14-34)8-9-27)31-26-30-11-18-24(32-26)38-15-35(25(18)37)23-20(28)4-3-5-21(23)29/h3-7,10-11H,8-9,12-15H2,1-2H3,(H,30,31,32). The molecule has 6 rings (SSSR count). The number of hydrogen-bond acceptors (Lipinski definition) is 7. The van der Waals surface area contributed by atoms with Gasteiger partial charge in [-0.3, -0.25) is 14.5 Å². The van der Waals surface area contributed by atoms with E-state index >= 15 is 0 Å². The predicted molar refractivity (Wildman–Crippen MR) is 151 cm³/mol. The van der Waals surface area contributed by atoms with E-state index in [4.69, 9.17) is 23.2 Å². The monoisotopic (exact) mass is 568 g/mol. The van der Waals surface area contributed by atoms with Crippen LogP contribution in [0.15, 0.2) is 47.6 Å². The number of halogens is 2. The second kappa shape index (κ2) is 9.72. The molecule has 1 aliphatic carbocycles. The Morgan fingerprint density at radius 3 is 2.66 bits per heavy atom. The Balaban J connectivity index is 1.22. The van der Waals surface area contributed by atoms with Crippen molar-refractivity contribution in [3.8, 4) is 0 Å². The largest absolute Gasteiger partial charge is 0.336 e. The number of aromatic nitrogens is 2. The fraction of sp³-hybridized carbons (Fsp3) is 0.333. The SMILES string of the molecule is CN(C)CC(=O)N1Cc2cc(Nc3ncc4c(n3)SCN(c3c(Cl)cccc3Cl)C4=O)ccc2C2(CC2)C1. The number of fused-ring (bicyclic) bond motifs is 3. The summed E-state index contributed by atoms with van der Waals surface area (Å²) in [7, 11) is 3.83. The maximum Gasteiger partial charge on any atom is 0.263 e. The number of carbonyl (C=O) groups is 2. The third kappa shape index (κ3) is 4.62. The van der Waals surface area contributed by atoms with Gasteiger partial charge in [0, 0.05) is 30.4 Å². The first-order chi connectivity index (χ1) is 18.2. The van der Waals surface area contributed by atoms with Crippen LogP contribution in [-0.4, -0.2) is 64.6 Å². The lowest BCUT2D eigenvalue weighted by molar-refractivity contribution is -0.133. The molecule has 1 spiro atoms. The molecule has 0 unspecified atom stereocenters. The van der Waals surface area contributed by atoms with Crippen molar-refractivity contribution < 1.29 is 9.59 Å². The maximum absolute atomic E-state index is 13.2. The van der Waals surface area contributed by atoms with Crippen molar-refractivity contribution in [3.05, 3.63) is 69.3 Å². The van der Waals surface area contributed by atoms with Crippen LogP contribution in [0.3, 0.4) is 0 Å². The molecular weight excluding hydrogens is 543 g/mol. The first kappa shape index (κ1) is 25.4. The summed E-state index contributed by atoms with van der Waals surface area (Å²) < 4.78 is 0. The highest BCUT2D eigenvalue weighted by Crippen LogP contribution is 2.52. The highest BCUT2D eigenvalue weighted by molar-refractivity contribution is 7.99. The fourth-order valence-electron chi connectivity index (χ4n) is 5.21. The molecule has 11 heteroatoms. The van der Waals surface area contributed by atoms with E-state index in [9.17, 15) is 9.59 Å². The van der Waals surface area contributed by atoms with Gasteiger partial charge in [0.25, 0.3) is 5.91 Å². The summed E-state index contributed by atoms with van der Waals surface area (Å²) in [4.78, 5) is 40.5. The van der Waals surface area contributed by atoms with Gasteiger partial charge < -0.3 is 15.1 Å². The summed E-state index contributed by atoms with van der Waals surface area (Å²) >= 11 is 14.1. The van der Waals surface area contributed by atoms with Gasteiger partial charge in [-0.05, 0) is 62.3 Å². The van der Waals surface area contributed by atoms with Crippen molar-refractivity contribution in [3.63, 3.8) is 0 Å². The Morgan fingerprint density at radius 2 is 1.95 bits per heavy atom. The zero-order valence-electron chi connectivity index (χ0n) is 21.0. The second-order valence-electron chi connectivity index (χ2n) is 10.3. The molecule has 2 amide bonds. The zero-order chi connectivity index (χ0) is 26.6. The van der Waals surface area contributed by atoms with Crippen molar-refractivity contribution >= 4 is 64.1 Å². The topological polar surface area (TPSA) is 81.7 Å². The van der Waals surface area contributed by atoms with Gasteiger partial charge in [-0.15, -0.1) is 0 Å². The number of carbonyl (C=O) groups excluding carboxylic acids is 2. The van der Waals surface area contributed by atoms with Crippen LogP contribution in [-0.2, 0) is 16.8 Å². The van der Waals surface area contributed by atoms with E-state index in [0.717, 1.165) is 30.6 Å². The first-order valence-electron chi connectivity index (χ1n) is 12.3. The van der Waals surface area contributed by atoms with E-state index in [1.54, 1.807) is 23.1 Å². The minimum atomic E-state index is -0.244. The molecule has 0 radical (unpaired) electrons. The number of anilines is 3. The molecule has 0 saturated heterocycles. The summed E-state index contributed by atoms with van der Waals surface area (Å²) in [5, 5.41) is 4.72. The predicted octanol–water partition coefficient (Wildman–Crippen LogP) is 5.17. The number of hydrogen-bond donors (Lipinski definition) is 1. The molecule has 1 saturated carbocycles. The van der Waals surface area contributed by atoms with Crippen LogP contribution in [0.4, 0.5) is 17.3 Å². The molecule has 2 aliphatic heterocycles. The van der Waals surface area contributed by atoms with Crippen LogP contribution in [0, 0.1) is 0 Å². The molecule has 3 aliphatic rings. The number of rotatable bonds is 5. The molecular formula is C27H26Cl2N6O2S. The van der Waals surface area contributed by atoms with Crippen LogP contribution in [0.1, 0.15) is 34.3 Å². The van der Waals surface area contributed by atoms with Crippen LogP contribution in [0.2, 0.25) is 10.0 Å². The third-order valence-corrected chi connectivity index (χ3v) is 8.79. The van der Waals surface area contributed by atoms with Crippen molar-refractivity contribution in [2.24, 2.45) is 0 Å². The maximum atomic E-state index is 13.2. The van der Waals surface area contributed by atoms with E-state index in [2.05, 4.69) is 27.4 Å². The number of thioether (sulfide) groups is 1. The minimum Gasteiger partial charge on any atom is -0.336 e. The number of likely N-dealkylation sites (N-methyl/N-ethyl adjacent to an activating group) is 1. The Bertz CT molecular complexity index is 1440. The summed E-state index contributed by atoms with van der Waals surface area (Å²) in [5.74, 6) is 0.651. The van der Waals surface area contributed by atoms with Gasteiger partial charge in [-0.1, -0.05) is 47.1 Å². The van der Waals surface area contributed by atoms with E-state index in [-0.39, 0.29) is 17.2 Å². The number of nitrogens with one attached hydrogen (secondary N) is 1. The minimum absolute atomic E-state index is 0.0871. The molecule has 1 aromatic heterocycles. The molecule has 0 atom stereocenters. The number of nitrogens with zero attached hydrogens (tertiary/aromatic N) is 5.